The van der Waals surface area contributed by atoms with Gasteiger partial charge < -0.3 is 15.4 Å². The van der Waals surface area contributed by atoms with Gasteiger partial charge in [-0.2, -0.15) is 4.31 Å². The molecule has 0 heterocycles. The molecule has 2 rings (SSSR count). The second-order valence-electron chi connectivity index (χ2n) is 6.54. The molecule has 0 fully saturated rings. The van der Waals surface area contributed by atoms with Crippen molar-refractivity contribution < 1.29 is 17.9 Å². The summed E-state index contributed by atoms with van der Waals surface area (Å²) in [7, 11) is -1.88. The quantitative estimate of drug-likeness (QED) is 0.618. The number of hydrogen-bond donors (Lipinski definition) is 2. The average Bonchev–Trinajstić information content (AvgIpc) is 2.73. The maximum atomic E-state index is 12.6. The second-order valence-corrected chi connectivity index (χ2v) is 8.48. The summed E-state index contributed by atoms with van der Waals surface area (Å²) in [4.78, 5) is 12.4. The minimum Gasteiger partial charge on any atom is -0.497 e. The lowest BCUT2D eigenvalue weighted by Gasteiger charge is -2.19. The van der Waals surface area contributed by atoms with E-state index in [1.165, 1.54) is 4.31 Å². The summed E-state index contributed by atoms with van der Waals surface area (Å²) in [5, 5.41) is 5.96. The summed E-state index contributed by atoms with van der Waals surface area (Å²) >= 11 is 0. The minimum absolute atomic E-state index is 0.109. The van der Waals surface area contributed by atoms with Crippen LogP contribution in [0.2, 0.25) is 0 Å². The van der Waals surface area contributed by atoms with E-state index < -0.39 is 10.0 Å². The Bertz CT molecular complexity index is 893. The highest BCUT2D eigenvalue weighted by atomic mass is 32.2. The number of nitrogens with one attached hydrogen (secondary N) is 2. The van der Waals surface area contributed by atoms with Gasteiger partial charge in [0.25, 0.3) is 0 Å². The molecule has 0 bridgehead atoms. The van der Waals surface area contributed by atoms with E-state index in [1.807, 2.05) is 20.8 Å². The summed E-state index contributed by atoms with van der Waals surface area (Å²) in [6.45, 7) is 6.56. The van der Waals surface area contributed by atoms with Crippen molar-refractivity contribution >= 4 is 21.6 Å². The topological polar surface area (TPSA) is 87.7 Å². The molecule has 158 valence electrons. The van der Waals surface area contributed by atoms with Crippen LogP contribution in [0.3, 0.4) is 0 Å². The van der Waals surface area contributed by atoms with E-state index >= 15 is 0 Å². The van der Waals surface area contributed by atoms with Crippen molar-refractivity contribution in [2.45, 2.75) is 31.7 Å². The van der Waals surface area contributed by atoms with Crippen LogP contribution in [0, 0.1) is 0 Å². The normalized spacial score (nSPS) is 12.6. The van der Waals surface area contributed by atoms with Crippen molar-refractivity contribution in [2.24, 2.45) is 0 Å². The van der Waals surface area contributed by atoms with E-state index in [-0.39, 0.29) is 23.4 Å². The molecule has 0 aliphatic carbocycles. The molecule has 0 aliphatic rings. The molecule has 0 spiro atoms. The van der Waals surface area contributed by atoms with Crippen LogP contribution in [0.15, 0.2) is 53.4 Å². The van der Waals surface area contributed by atoms with Crippen LogP contribution in [0.1, 0.15) is 32.4 Å². The van der Waals surface area contributed by atoms with Gasteiger partial charge in [-0.25, -0.2) is 8.42 Å². The smallest absolute Gasteiger partial charge is 0.243 e. The number of methoxy groups -OCH3 is 1. The van der Waals surface area contributed by atoms with Crippen LogP contribution in [0.25, 0.3) is 0 Å². The standard InChI is InChI=1S/C21H29N3O4S/c1-5-24(6-2)29(26,27)20-13-7-17(8-14-20)16(3)22-15-21(25)23-18-9-11-19(28-4)12-10-18/h7-14,16,22H,5-6,15H2,1-4H3,(H,23,25)/t16-/m0/s1. The van der Waals surface area contributed by atoms with Crippen molar-refractivity contribution in [3.63, 3.8) is 0 Å². The zero-order valence-corrected chi connectivity index (χ0v) is 18.1. The fourth-order valence-electron chi connectivity index (χ4n) is 2.88. The van der Waals surface area contributed by atoms with Crippen LogP contribution >= 0.6 is 0 Å². The third kappa shape index (κ3) is 6.03. The maximum Gasteiger partial charge on any atom is 0.243 e. The van der Waals surface area contributed by atoms with Crippen molar-refractivity contribution in [2.75, 3.05) is 32.1 Å². The molecular formula is C21H29N3O4S. The van der Waals surface area contributed by atoms with Crippen LogP contribution in [0.5, 0.6) is 5.75 Å². The molecule has 1 atom stereocenters. The Morgan fingerprint density at radius 2 is 1.62 bits per heavy atom. The van der Waals surface area contributed by atoms with Crippen LogP contribution < -0.4 is 15.4 Å². The molecule has 0 saturated heterocycles. The van der Waals surface area contributed by atoms with Crippen molar-refractivity contribution in [3.8, 4) is 5.75 Å². The number of carbonyl (C=O) groups is 1. The Morgan fingerprint density at radius 3 is 2.14 bits per heavy atom. The molecule has 0 radical (unpaired) electrons. The monoisotopic (exact) mass is 419 g/mol. The van der Waals surface area contributed by atoms with Gasteiger partial charge in [0.1, 0.15) is 5.75 Å². The molecule has 0 aromatic heterocycles. The van der Waals surface area contributed by atoms with Gasteiger partial charge in [-0.3, -0.25) is 4.79 Å². The van der Waals surface area contributed by atoms with Gasteiger partial charge in [-0.05, 0) is 48.9 Å². The summed E-state index contributed by atoms with van der Waals surface area (Å²) in [6, 6.07) is 13.8. The first kappa shape index (κ1) is 22.9. The molecule has 0 saturated carbocycles. The highest BCUT2D eigenvalue weighted by Crippen LogP contribution is 2.19. The largest absolute Gasteiger partial charge is 0.497 e. The van der Waals surface area contributed by atoms with Gasteiger partial charge in [0, 0.05) is 24.8 Å². The highest BCUT2D eigenvalue weighted by Gasteiger charge is 2.21. The lowest BCUT2D eigenvalue weighted by Crippen LogP contribution is -2.31. The van der Waals surface area contributed by atoms with E-state index in [0.29, 0.717) is 18.8 Å². The maximum absolute atomic E-state index is 12.6. The number of hydrogen-bond acceptors (Lipinski definition) is 5. The Kier molecular flexibility index (Phi) is 8.19. The number of ether oxygens (including phenoxy) is 1. The Balaban J connectivity index is 1.93. The number of amides is 1. The van der Waals surface area contributed by atoms with Crippen molar-refractivity contribution in [1.29, 1.82) is 0 Å². The van der Waals surface area contributed by atoms with Gasteiger partial charge in [0.05, 0.1) is 18.6 Å². The lowest BCUT2D eigenvalue weighted by molar-refractivity contribution is -0.115. The zero-order valence-electron chi connectivity index (χ0n) is 17.3. The molecule has 2 aromatic rings. The number of carbonyl (C=O) groups excluding carboxylic acids is 1. The summed E-state index contributed by atoms with van der Waals surface area (Å²) < 4.78 is 31.6. The van der Waals surface area contributed by atoms with Crippen LogP contribution in [0.4, 0.5) is 5.69 Å². The Morgan fingerprint density at radius 1 is 1.03 bits per heavy atom. The lowest BCUT2D eigenvalue weighted by atomic mass is 10.1. The van der Waals surface area contributed by atoms with E-state index in [9.17, 15) is 13.2 Å². The summed E-state index contributed by atoms with van der Waals surface area (Å²) in [5.41, 5.74) is 1.59. The van der Waals surface area contributed by atoms with E-state index in [1.54, 1.807) is 55.6 Å². The molecule has 8 heteroatoms. The fraction of sp³-hybridized carbons (Fsp3) is 0.381. The van der Waals surface area contributed by atoms with Crippen molar-refractivity contribution in [3.05, 3.63) is 54.1 Å². The van der Waals surface area contributed by atoms with Crippen LogP contribution in [-0.2, 0) is 14.8 Å². The second kappa shape index (κ2) is 10.4. The third-order valence-corrected chi connectivity index (χ3v) is 6.73. The predicted octanol–water partition coefficient (Wildman–Crippen LogP) is 3.02. The van der Waals surface area contributed by atoms with E-state index in [2.05, 4.69) is 10.6 Å². The van der Waals surface area contributed by atoms with E-state index in [4.69, 9.17) is 4.74 Å². The number of nitrogens with zero attached hydrogens (tertiary/aromatic N) is 1. The number of rotatable bonds is 10. The molecule has 29 heavy (non-hydrogen) atoms. The average molecular weight is 420 g/mol. The SMILES string of the molecule is CCN(CC)S(=O)(=O)c1ccc([C@H](C)NCC(=O)Nc2ccc(OC)cc2)cc1. The summed E-state index contributed by atoms with van der Waals surface area (Å²) in [5.74, 6) is 0.559. The van der Waals surface area contributed by atoms with Crippen LogP contribution in [-0.4, -0.2) is 45.4 Å². The Hall–Kier alpha value is -2.42. The molecule has 2 N–H and O–H groups in total. The van der Waals surface area contributed by atoms with Gasteiger partial charge in [-0.1, -0.05) is 26.0 Å². The number of anilines is 1. The number of benzene rings is 2. The van der Waals surface area contributed by atoms with Gasteiger partial charge >= 0.3 is 0 Å². The first-order valence-corrected chi connectivity index (χ1v) is 11.0. The van der Waals surface area contributed by atoms with Crippen molar-refractivity contribution in [1.82, 2.24) is 9.62 Å². The molecule has 2 aromatic carbocycles. The van der Waals surface area contributed by atoms with Gasteiger partial charge in [-0.15, -0.1) is 0 Å². The first-order chi connectivity index (χ1) is 13.8. The minimum atomic E-state index is -3.47. The first-order valence-electron chi connectivity index (χ1n) is 9.59. The fourth-order valence-corrected chi connectivity index (χ4v) is 4.34. The molecule has 7 nitrogen and oxygen atoms in total. The van der Waals surface area contributed by atoms with Gasteiger partial charge in [0.15, 0.2) is 0 Å². The number of sulfonamides is 1. The molecular weight excluding hydrogens is 390 g/mol. The van der Waals surface area contributed by atoms with E-state index in [0.717, 1.165) is 11.3 Å². The Labute approximate surface area is 173 Å². The third-order valence-electron chi connectivity index (χ3n) is 4.67. The zero-order chi connectivity index (χ0) is 21.4. The summed E-state index contributed by atoms with van der Waals surface area (Å²) in [6.07, 6.45) is 0. The molecule has 0 aliphatic heterocycles. The van der Waals surface area contributed by atoms with Gasteiger partial charge in [0.2, 0.25) is 15.9 Å². The highest BCUT2D eigenvalue weighted by molar-refractivity contribution is 7.89. The molecule has 0 unspecified atom stereocenters. The predicted molar refractivity (Wildman–Crippen MR) is 115 cm³/mol. The molecule has 1 amide bonds.